The Hall–Kier alpha value is -2.30. The van der Waals surface area contributed by atoms with Crippen molar-refractivity contribution in [2.75, 3.05) is 13.1 Å². The zero-order chi connectivity index (χ0) is 18.5. The maximum absolute atomic E-state index is 12.6. The Morgan fingerprint density at radius 3 is 2.69 bits per heavy atom. The summed E-state index contributed by atoms with van der Waals surface area (Å²) in [5, 5.41) is 3.79. The lowest BCUT2D eigenvalue weighted by Gasteiger charge is -2.29. The molecule has 0 aliphatic carbocycles. The number of nitrogens with one attached hydrogen (secondary N) is 1. The topological polar surface area (TPSA) is 58.4 Å². The average molecular weight is 370 g/mol. The van der Waals surface area contributed by atoms with Crippen molar-refractivity contribution in [1.82, 2.24) is 10.2 Å². The van der Waals surface area contributed by atoms with Gasteiger partial charge in [0, 0.05) is 35.9 Å². The zero-order valence-corrected chi connectivity index (χ0v) is 15.7. The van der Waals surface area contributed by atoms with Crippen molar-refractivity contribution in [3.05, 3.63) is 82.0 Å². The fourth-order valence-corrected chi connectivity index (χ4v) is 3.46. The lowest BCUT2D eigenvalue weighted by molar-refractivity contribution is -0.118. The minimum atomic E-state index is -0.0683. The van der Waals surface area contributed by atoms with Gasteiger partial charge in [-0.05, 0) is 36.6 Å². The molecule has 136 valence electrons. The number of hydrogen-bond donors (Lipinski definition) is 2. The highest BCUT2D eigenvalue weighted by Gasteiger charge is 2.23. The van der Waals surface area contributed by atoms with Gasteiger partial charge in [0.25, 0.3) is 0 Å². The fourth-order valence-electron chi connectivity index (χ4n) is 3.24. The summed E-state index contributed by atoms with van der Waals surface area (Å²) in [5.74, 6) is -0.0683. The Morgan fingerprint density at radius 2 is 2.00 bits per heavy atom. The predicted molar refractivity (Wildman–Crippen MR) is 106 cm³/mol. The van der Waals surface area contributed by atoms with Gasteiger partial charge in [0.2, 0.25) is 5.91 Å². The summed E-state index contributed by atoms with van der Waals surface area (Å²) in [6, 6.07) is 17.7. The molecule has 1 aliphatic heterocycles. The van der Waals surface area contributed by atoms with Gasteiger partial charge in [-0.25, -0.2) is 0 Å². The van der Waals surface area contributed by atoms with Crippen molar-refractivity contribution in [3.63, 3.8) is 0 Å². The van der Waals surface area contributed by atoms with E-state index in [1.807, 2.05) is 55.5 Å². The first-order valence-electron chi connectivity index (χ1n) is 8.83. The highest BCUT2D eigenvalue weighted by atomic mass is 35.5. The summed E-state index contributed by atoms with van der Waals surface area (Å²) in [5.41, 5.74) is 9.80. The molecule has 0 spiro atoms. The van der Waals surface area contributed by atoms with Gasteiger partial charge in [-0.3, -0.25) is 9.69 Å². The van der Waals surface area contributed by atoms with Crippen molar-refractivity contribution in [3.8, 4) is 0 Å². The van der Waals surface area contributed by atoms with E-state index in [2.05, 4.69) is 16.3 Å². The SMILES string of the molecule is CC(NC(=O)C1=C(N)CN(Cc2cccc(Cl)c2)CC1)c1ccccc1. The van der Waals surface area contributed by atoms with E-state index in [-0.39, 0.29) is 11.9 Å². The largest absolute Gasteiger partial charge is 0.401 e. The van der Waals surface area contributed by atoms with Crippen molar-refractivity contribution in [1.29, 1.82) is 0 Å². The minimum absolute atomic E-state index is 0.0477. The molecular weight excluding hydrogens is 346 g/mol. The minimum Gasteiger partial charge on any atom is -0.401 e. The smallest absolute Gasteiger partial charge is 0.249 e. The molecule has 0 radical (unpaired) electrons. The third kappa shape index (κ3) is 4.65. The number of halogens is 1. The Bertz CT molecular complexity index is 804. The van der Waals surface area contributed by atoms with E-state index in [1.54, 1.807) is 0 Å². The molecule has 1 heterocycles. The average Bonchev–Trinajstić information content (AvgIpc) is 2.62. The van der Waals surface area contributed by atoms with Crippen LogP contribution in [-0.2, 0) is 11.3 Å². The van der Waals surface area contributed by atoms with Gasteiger partial charge in [0.1, 0.15) is 0 Å². The Kier molecular flexibility index (Phi) is 5.96. The quantitative estimate of drug-likeness (QED) is 0.846. The first kappa shape index (κ1) is 18.5. The van der Waals surface area contributed by atoms with Crippen LogP contribution in [0.4, 0.5) is 0 Å². The molecule has 2 aromatic carbocycles. The van der Waals surface area contributed by atoms with Gasteiger partial charge in [-0.2, -0.15) is 0 Å². The van der Waals surface area contributed by atoms with Crippen LogP contribution < -0.4 is 11.1 Å². The highest BCUT2D eigenvalue weighted by molar-refractivity contribution is 6.30. The van der Waals surface area contributed by atoms with Gasteiger partial charge in [0.05, 0.1) is 6.04 Å². The Morgan fingerprint density at radius 1 is 1.23 bits per heavy atom. The summed E-state index contributed by atoms with van der Waals surface area (Å²) in [7, 11) is 0. The second-order valence-corrected chi connectivity index (χ2v) is 7.14. The maximum atomic E-state index is 12.6. The second kappa shape index (κ2) is 8.39. The number of benzene rings is 2. The molecule has 26 heavy (non-hydrogen) atoms. The monoisotopic (exact) mass is 369 g/mol. The molecular formula is C21H24ClN3O. The first-order valence-corrected chi connectivity index (χ1v) is 9.21. The first-order chi connectivity index (χ1) is 12.5. The summed E-state index contributed by atoms with van der Waals surface area (Å²) in [6.45, 7) is 4.15. The van der Waals surface area contributed by atoms with Crippen LogP contribution in [0.3, 0.4) is 0 Å². The van der Waals surface area contributed by atoms with Gasteiger partial charge in [-0.1, -0.05) is 54.1 Å². The molecule has 1 aliphatic rings. The molecule has 3 rings (SSSR count). The molecule has 5 heteroatoms. The molecule has 0 bridgehead atoms. The zero-order valence-electron chi connectivity index (χ0n) is 14.9. The summed E-state index contributed by atoms with van der Waals surface area (Å²) in [6.07, 6.45) is 0.653. The molecule has 0 saturated carbocycles. The van der Waals surface area contributed by atoms with E-state index < -0.39 is 0 Å². The van der Waals surface area contributed by atoms with Gasteiger partial charge in [-0.15, -0.1) is 0 Å². The number of carbonyl (C=O) groups excluding carboxylic acids is 1. The van der Waals surface area contributed by atoms with Crippen molar-refractivity contribution in [2.45, 2.75) is 25.9 Å². The standard InChI is InChI=1S/C21H24ClN3O/c1-15(17-7-3-2-4-8-17)24-21(26)19-10-11-25(14-20(19)23)13-16-6-5-9-18(22)12-16/h2-9,12,15H,10-11,13-14,23H2,1H3,(H,24,26). The Labute approximate surface area is 159 Å². The highest BCUT2D eigenvalue weighted by Crippen LogP contribution is 2.20. The van der Waals surface area contributed by atoms with Crippen LogP contribution in [-0.4, -0.2) is 23.9 Å². The summed E-state index contributed by atoms with van der Waals surface area (Å²) in [4.78, 5) is 14.9. The molecule has 0 fully saturated rings. The lowest BCUT2D eigenvalue weighted by Crippen LogP contribution is -2.39. The van der Waals surface area contributed by atoms with Crippen LogP contribution in [0.15, 0.2) is 65.9 Å². The van der Waals surface area contributed by atoms with Crippen LogP contribution in [0.5, 0.6) is 0 Å². The number of carbonyl (C=O) groups is 1. The molecule has 4 nitrogen and oxygen atoms in total. The van der Waals surface area contributed by atoms with Crippen LogP contribution in [0.1, 0.15) is 30.5 Å². The molecule has 0 aromatic heterocycles. The van der Waals surface area contributed by atoms with Gasteiger partial charge in [0.15, 0.2) is 0 Å². The second-order valence-electron chi connectivity index (χ2n) is 6.70. The van der Waals surface area contributed by atoms with Crippen LogP contribution in [0.2, 0.25) is 5.02 Å². The molecule has 1 atom stereocenters. The van der Waals surface area contributed by atoms with Crippen LogP contribution in [0.25, 0.3) is 0 Å². The van der Waals surface area contributed by atoms with Crippen LogP contribution in [0, 0.1) is 0 Å². The van der Waals surface area contributed by atoms with E-state index in [0.29, 0.717) is 24.2 Å². The normalized spacial score (nSPS) is 16.4. The molecule has 1 amide bonds. The maximum Gasteiger partial charge on any atom is 0.249 e. The molecule has 1 unspecified atom stereocenters. The van der Waals surface area contributed by atoms with E-state index in [4.69, 9.17) is 17.3 Å². The van der Waals surface area contributed by atoms with E-state index >= 15 is 0 Å². The van der Waals surface area contributed by atoms with E-state index in [0.717, 1.165) is 29.2 Å². The predicted octanol–water partition coefficient (Wildman–Crippen LogP) is 3.64. The number of nitrogens with zero attached hydrogens (tertiary/aromatic N) is 1. The third-order valence-electron chi connectivity index (χ3n) is 4.68. The number of nitrogens with two attached hydrogens (primary N) is 1. The molecule has 3 N–H and O–H groups in total. The van der Waals surface area contributed by atoms with Crippen molar-refractivity contribution >= 4 is 17.5 Å². The Balaban J connectivity index is 1.61. The molecule has 0 saturated heterocycles. The fraction of sp³-hybridized carbons (Fsp3) is 0.286. The van der Waals surface area contributed by atoms with Crippen LogP contribution >= 0.6 is 11.6 Å². The number of rotatable bonds is 5. The van der Waals surface area contributed by atoms with Crippen molar-refractivity contribution < 1.29 is 4.79 Å². The summed E-state index contributed by atoms with van der Waals surface area (Å²) >= 11 is 6.05. The number of hydrogen-bond acceptors (Lipinski definition) is 3. The van der Waals surface area contributed by atoms with E-state index in [9.17, 15) is 4.79 Å². The summed E-state index contributed by atoms with van der Waals surface area (Å²) < 4.78 is 0. The number of amides is 1. The van der Waals surface area contributed by atoms with Gasteiger partial charge >= 0.3 is 0 Å². The van der Waals surface area contributed by atoms with Gasteiger partial charge < -0.3 is 11.1 Å². The third-order valence-corrected chi connectivity index (χ3v) is 4.91. The van der Waals surface area contributed by atoms with Crippen molar-refractivity contribution in [2.24, 2.45) is 5.73 Å². The lowest BCUT2D eigenvalue weighted by atomic mass is 10.0. The molecule has 2 aromatic rings. The van der Waals surface area contributed by atoms with E-state index in [1.165, 1.54) is 0 Å².